The molecule has 2 aliphatic heterocycles. The van der Waals surface area contributed by atoms with Crippen molar-refractivity contribution in [2.24, 2.45) is 5.92 Å². The fraction of sp³-hybridized carbons (Fsp3) is 0.553. The number of piperidine rings is 1. The van der Waals surface area contributed by atoms with E-state index in [2.05, 4.69) is 27.9 Å². The van der Waals surface area contributed by atoms with Crippen LogP contribution < -0.4 is 10.9 Å². The van der Waals surface area contributed by atoms with Crippen molar-refractivity contribution in [1.82, 2.24) is 19.4 Å². The molecule has 1 atom stereocenters. The third-order valence-electron chi connectivity index (χ3n) is 9.78. The van der Waals surface area contributed by atoms with E-state index in [1.807, 2.05) is 13.0 Å². The van der Waals surface area contributed by atoms with Crippen molar-refractivity contribution in [3.05, 3.63) is 76.4 Å². The molecule has 10 nitrogen and oxygen atoms in total. The lowest BCUT2D eigenvalue weighted by Gasteiger charge is -2.36. The number of benzene rings is 1. The predicted molar refractivity (Wildman–Crippen MR) is 188 cm³/mol. The summed E-state index contributed by atoms with van der Waals surface area (Å²) < 4.78 is 44.6. The van der Waals surface area contributed by atoms with Crippen molar-refractivity contribution in [3.8, 4) is 6.07 Å². The number of hydrogen-bond acceptors (Lipinski definition) is 8. The number of halogens is 2. The molecule has 2 saturated heterocycles. The molecule has 0 spiro atoms. The van der Waals surface area contributed by atoms with Crippen LogP contribution >= 0.6 is 0 Å². The number of amides is 1. The van der Waals surface area contributed by atoms with Crippen LogP contribution in [-0.4, -0.2) is 57.4 Å². The molecule has 12 heteroatoms. The summed E-state index contributed by atoms with van der Waals surface area (Å²) in [5.74, 6) is -3.59. The van der Waals surface area contributed by atoms with Crippen LogP contribution in [0, 0.1) is 17.2 Å². The summed E-state index contributed by atoms with van der Waals surface area (Å²) in [6.45, 7) is 12.6. The predicted octanol–water partition coefficient (Wildman–Crippen LogP) is 7.63. The van der Waals surface area contributed by atoms with Gasteiger partial charge in [-0.25, -0.2) is 23.5 Å². The summed E-state index contributed by atoms with van der Waals surface area (Å²) in [5.41, 5.74) is -0.519. The largest absolute Gasteiger partial charge is 0.444 e. The lowest BCUT2D eigenvalue weighted by atomic mass is 9.75. The van der Waals surface area contributed by atoms with E-state index in [0.29, 0.717) is 60.6 Å². The number of aromatic nitrogens is 3. The fourth-order valence-electron chi connectivity index (χ4n) is 6.86. The highest BCUT2D eigenvalue weighted by atomic mass is 19.3. The van der Waals surface area contributed by atoms with E-state index in [9.17, 15) is 14.9 Å². The van der Waals surface area contributed by atoms with Gasteiger partial charge in [0, 0.05) is 55.9 Å². The third kappa shape index (κ3) is 7.99. The Morgan fingerprint density at radius 3 is 2.58 bits per heavy atom. The van der Waals surface area contributed by atoms with Gasteiger partial charge in [-0.05, 0) is 90.3 Å². The van der Waals surface area contributed by atoms with Gasteiger partial charge in [0.2, 0.25) is 0 Å². The molecule has 2 aromatic heterocycles. The van der Waals surface area contributed by atoms with E-state index >= 15 is 8.78 Å². The van der Waals surface area contributed by atoms with Gasteiger partial charge in [-0.15, -0.1) is 6.58 Å². The van der Waals surface area contributed by atoms with Crippen LogP contribution in [0.2, 0.25) is 0 Å². The number of allylic oxidation sites excluding steroid dienone is 1. The number of hydrogen-bond donors (Lipinski definition) is 1. The summed E-state index contributed by atoms with van der Waals surface area (Å²) in [4.78, 5) is 37.0. The number of unbranched alkanes of at least 4 members (excludes halogenated alkanes) is 2. The highest BCUT2D eigenvalue weighted by Gasteiger charge is 2.44. The van der Waals surface area contributed by atoms with Gasteiger partial charge >= 0.3 is 6.09 Å². The molecule has 3 aromatic rings. The number of fused-ring (bicyclic) bond motifs is 1. The molecule has 2 fully saturated rings. The van der Waals surface area contributed by atoms with Crippen LogP contribution in [0.4, 0.5) is 19.4 Å². The van der Waals surface area contributed by atoms with Gasteiger partial charge in [0.15, 0.2) is 0 Å². The quantitative estimate of drug-likeness (QED) is 0.161. The lowest BCUT2D eigenvalue weighted by molar-refractivity contribution is -0.0861. The molecule has 0 unspecified atom stereocenters. The number of likely N-dealkylation sites (tertiary alicyclic amines) is 1. The summed E-state index contributed by atoms with van der Waals surface area (Å²) in [6, 6.07) is 10.1. The Morgan fingerprint density at radius 1 is 1.20 bits per heavy atom. The molecule has 0 radical (unpaired) electrons. The lowest BCUT2D eigenvalue weighted by Crippen LogP contribution is -2.44. The van der Waals surface area contributed by atoms with Crippen molar-refractivity contribution in [1.29, 1.82) is 5.26 Å². The minimum atomic E-state index is -3.11. The highest BCUT2D eigenvalue weighted by Crippen LogP contribution is 2.42. The number of nitriles is 1. The molecule has 0 bridgehead atoms. The minimum absolute atomic E-state index is 0.0851. The molecule has 1 aromatic carbocycles. The van der Waals surface area contributed by atoms with Crippen molar-refractivity contribution in [2.75, 3.05) is 31.6 Å². The van der Waals surface area contributed by atoms with Crippen LogP contribution in [0.5, 0.6) is 0 Å². The van der Waals surface area contributed by atoms with Crippen LogP contribution in [0.3, 0.4) is 0 Å². The number of nitrogens with zero attached hydrogens (tertiary/aromatic N) is 5. The zero-order chi connectivity index (χ0) is 36.1. The minimum Gasteiger partial charge on any atom is -0.444 e. The van der Waals surface area contributed by atoms with Gasteiger partial charge in [0.05, 0.1) is 16.9 Å². The van der Waals surface area contributed by atoms with Crippen LogP contribution in [0.25, 0.3) is 11.0 Å². The molecule has 0 aliphatic carbocycles. The van der Waals surface area contributed by atoms with E-state index in [0.717, 1.165) is 19.3 Å². The van der Waals surface area contributed by atoms with Crippen molar-refractivity contribution < 1.29 is 23.0 Å². The molecular formula is C38H48F2N6O4. The molecule has 0 saturated carbocycles. The number of anilines is 1. The van der Waals surface area contributed by atoms with Crippen LogP contribution in [0.1, 0.15) is 95.4 Å². The number of aryl methyl sites for hydroxylation is 1. The Labute approximate surface area is 292 Å². The maximum atomic E-state index is 16.0. The van der Waals surface area contributed by atoms with E-state index < -0.39 is 35.0 Å². The zero-order valence-corrected chi connectivity index (χ0v) is 29.5. The zero-order valence-electron chi connectivity index (χ0n) is 29.5. The number of alkyl halides is 2. The van der Waals surface area contributed by atoms with Crippen LogP contribution in [-0.2, 0) is 27.4 Å². The van der Waals surface area contributed by atoms with E-state index in [1.54, 1.807) is 43.5 Å². The molecule has 4 heterocycles. The van der Waals surface area contributed by atoms with Crippen molar-refractivity contribution in [3.63, 3.8) is 0 Å². The van der Waals surface area contributed by atoms with Gasteiger partial charge in [-0.3, -0.25) is 9.36 Å². The fourth-order valence-corrected chi connectivity index (χ4v) is 6.86. The second kappa shape index (κ2) is 15.3. The van der Waals surface area contributed by atoms with Crippen molar-refractivity contribution in [2.45, 2.75) is 102 Å². The molecular weight excluding hydrogens is 642 g/mol. The smallest absolute Gasteiger partial charge is 0.410 e. The summed E-state index contributed by atoms with van der Waals surface area (Å²) >= 11 is 0. The third-order valence-corrected chi connectivity index (χ3v) is 9.78. The average Bonchev–Trinajstić information content (AvgIpc) is 3.10. The number of nitrogens with one attached hydrogen (secondary N) is 1. The molecule has 50 heavy (non-hydrogen) atoms. The first-order chi connectivity index (χ1) is 23.8. The van der Waals surface area contributed by atoms with E-state index in [4.69, 9.17) is 9.47 Å². The van der Waals surface area contributed by atoms with Crippen LogP contribution in [0.15, 0.2) is 54.1 Å². The Kier molecular flexibility index (Phi) is 11.3. The Bertz CT molecular complexity index is 1780. The first kappa shape index (κ1) is 36.9. The monoisotopic (exact) mass is 690 g/mol. The van der Waals surface area contributed by atoms with E-state index in [1.165, 1.54) is 23.4 Å². The summed E-state index contributed by atoms with van der Waals surface area (Å²) in [7, 11) is 0. The molecule has 268 valence electrons. The molecule has 1 N–H and O–H groups in total. The number of pyridine rings is 1. The maximum absolute atomic E-state index is 16.0. The maximum Gasteiger partial charge on any atom is 0.410 e. The standard InChI is InChI=1S/C38H48F2N6O4/c1-6-7-8-9-17-46-33-30(23-31(34(46)47)37(24-41)15-20-49-21-16-37)32(42-25-43-33)44-26(2)27-11-10-12-29(22-27)38(39,40)28-13-18-45(19-14-28)35(48)50-36(3,4)5/h6,10-12,22-23,25-26,28H,1,7-9,13-21H2,2-5H3,(H,42,43,44)/t26-/m1/s1. The first-order valence-electron chi connectivity index (χ1n) is 17.5. The van der Waals surface area contributed by atoms with Gasteiger partial charge in [-0.2, -0.15) is 5.26 Å². The number of carbonyl (C=O) groups is 1. The molecule has 2 aliphatic rings. The SMILES string of the molecule is C=CCCCCn1c(=O)c(C2(C#N)CCOCC2)cc2c(N[C@H](C)c3cccc(C(F)(F)C4CCN(C(=O)OC(C)(C)C)CC4)c3)ncnc21. The average molecular weight is 691 g/mol. The normalized spacial score (nSPS) is 17.6. The Hall–Kier alpha value is -4.37. The first-order valence-corrected chi connectivity index (χ1v) is 17.5. The van der Waals surface area contributed by atoms with Crippen molar-refractivity contribution >= 4 is 22.9 Å². The van der Waals surface area contributed by atoms with Gasteiger partial charge in [0.25, 0.3) is 11.5 Å². The summed E-state index contributed by atoms with van der Waals surface area (Å²) in [5, 5.41) is 14.3. The van der Waals surface area contributed by atoms with Gasteiger partial charge < -0.3 is 19.7 Å². The second-order valence-corrected chi connectivity index (χ2v) is 14.4. The Morgan fingerprint density at radius 2 is 1.92 bits per heavy atom. The molecule has 1 amide bonds. The number of rotatable bonds is 11. The van der Waals surface area contributed by atoms with Gasteiger partial charge in [0.1, 0.15) is 23.4 Å². The number of ether oxygens (including phenoxy) is 2. The summed E-state index contributed by atoms with van der Waals surface area (Å²) in [6.07, 6.45) is 6.24. The topological polar surface area (TPSA) is 122 Å². The Balaban J connectivity index is 1.41. The van der Waals surface area contributed by atoms with Gasteiger partial charge in [-0.1, -0.05) is 24.3 Å². The number of carbonyl (C=O) groups excluding carboxylic acids is 1. The van der Waals surface area contributed by atoms with E-state index in [-0.39, 0.29) is 37.1 Å². The molecule has 5 rings (SSSR count). The second-order valence-electron chi connectivity index (χ2n) is 14.4. The highest BCUT2D eigenvalue weighted by molar-refractivity contribution is 5.87.